The van der Waals surface area contributed by atoms with Gasteiger partial charge in [-0.3, -0.25) is 4.79 Å². The molecule has 0 aromatic heterocycles. The van der Waals surface area contributed by atoms with Gasteiger partial charge in [0, 0.05) is 10.9 Å². The standard InChI is InChI=1S/C11H14BrNO3/c1-15-10-4-7(3-8(14)6-13)9(12)5-11(10)16-2/h4-5H,3,6,13H2,1-2H3. The highest BCUT2D eigenvalue weighted by Crippen LogP contribution is 2.33. The van der Waals surface area contributed by atoms with Gasteiger partial charge in [-0.05, 0) is 17.7 Å². The Balaban J connectivity index is 3.06. The molecule has 1 rings (SSSR count). The van der Waals surface area contributed by atoms with E-state index in [1.165, 1.54) is 0 Å². The van der Waals surface area contributed by atoms with Crippen LogP contribution in [0.15, 0.2) is 16.6 Å². The fourth-order valence-electron chi connectivity index (χ4n) is 1.32. The number of nitrogens with two attached hydrogens (primary N) is 1. The molecule has 0 radical (unpaired) electrons. The first kappa shape index (κ1) is 13.0. The van der Waals surface area contributed by atoms with Crippen molar-refractivity contribution in [1.82, 2.24) is 0 Å². The van der Waals surface area contributed by atoms with E-state index in [1.54, 1.807) is 26.4 Å². The average Bonchev–Trinajstić information content (AvgIpc) is 2.30. The lowest BCUT2D eigenvalue weighted by Gasteiger charge is -2.11. The van der Waals surface area contributed by atoms with Crippen LogP contribution in [0.2, 0.25) is 0 Å². The predicted octanol–water partition coefficient (Wildman–Crippen LogP) is 1.54. The molecule has 0 saturated carbocycles. The minimum absolute atomic E-state index is 0.0204. The van der Waals surface area contributed by atoms with Crippen LogP contribution in [0.25, 0.3) is 0 Å². The Morgan fingerprint density at radius 2 is 1.88 bits per heavy atom. The highest BCUT2D eigenvalue weighted by atomic mass is 79.9. The Labute approximate surface area is 103 Å². The van der Waals surface area contributed by atoms with Crippen molar-refractivity contribution in [2.45, 2.75) is 6.42 Å². The number of rotatable bonds is 5. The number of ether oxygens (including phenoxy) is 2. The number of Topliss-reactive ketones (excluding diaryl/α,β-unsaturated/α-hetero) is 1. The molecule has 0 heterocycles. The second-order valence-electron chi connectivity index (χ2n) is 3.22. The highest BCUT2D eigenvalue weighted by molar-refractivity contribution is 9.10. The summed E-state index contributed by atoms with van der Waals surface area (Å²) in [7, 11) is 3.12. The van der Waals surface area contributed by atoms with Crippen molar-refractivity contribution in [2.75, 3.05) is 20.8 Å². The maximum absolute atomic E-state index is 11.3. The molecule has 0 fully saturated rings. The normalized spacial score (nSPS) is 10.0. The van der Waals surface area contributed by atoms with Gasteiger partial charge in [0.05, 0.1) is 20.8 Å². The van der Waals surface area contributed by atoms with Gasteiger partial charge in [-0.25, -0.2) is 0 Å². The summed E-state index contributed by atoms with van der Waals surface area (Å²) >= 11 is 3.38. The monoisotopic (exact) mass is 287 g/mol. The molecular weight excluding hydrogens is 274 g/mol. The van der Waals surface area contributed by atoms with Gasteiger partial charge in [0.15, 0.2) is 17.3 Å². The van der Waals surface area contributed by atoms with E-state index in [1.807, 2.05) is 0 Å². The highest BCUT2D eigenvalue weighted by Gasteiger charge is 2.11. The molecule has 0 saturated heterocycles. The summed E-state index contributed by atoms with van der Waals surface area (Å²) in [5.41, 5.74) is 6.12. The zero-order valence-electron chi connectivity index (χ0n) is 9.25. The summed E-state index contributed by atoms with van der Waals surface area (Å²) in [4.78, 5) is 11.3. The van der Waals surface area contributed by atoms with Crippen LogP contribution in [0.1, 0.15) is 5.56 Å². The smallest absolute Gasteiger partial charge is 0.161 e. The summed E-state index contributed by atoms with van der Waals surface area (Å²) in [6, 6.07) is 3.55. The number of hydrogen-bond acceptors (Lipinski definition) is 4. The molecule has 1 aromatic carbocycles. The van der Waals surface area contributed by atoms with Crippen LogP contribution in [0.3, 0.4) is 0 Å². The van der Waals surface area contributed by atoms with Gasteiger partial charge in [0.25, 0.3) is 0 Å². The van der Waals surface area contributed by atoms with Gasteiger partial charge in [0.2, 0.25) is 0 Å². The lowest BCUT2D eigenvalue weighted by Crippen LogP contribution is -2.16. The van der Waals surface area contributed by atoms with Gasteiger partial charge in [0.1, 0.15) is 0 Å². The summed E-state index contributed by atoms with van der Waals surface area (Å²) < 4.78 is 11.1. The van der Waals surface area contributed by atoms with E-state index in [0.717, 1.165) is 10.0 Å². The average molecular weight is 288 g/mol. The van der Waals surface area contributed by atoms with E-state index in [4.69, 9.17) is 15.2 Å². The minimum atomic E-state index is -0.0204. The molecule has 88 valence electrons. The fourth-order valence-corrected chi connectivity index (χ4v) is 1.78. The molecule has 0 bridgehead atoms. The second kappa shape index (κ2) is 5.86. The van der Waals surface area contributed by atoms with E-state index in [-0.39, 0.29) is 18.7 Å². The minimum Gasteiger partial charge on any atom is -0.493 e. The van der Waals surface area contributed by atoms with Gasteiger partial charge in [-0.2, -0.15) is 0 Å². The molecule has 0 aliphatic rings. The van der Waals surface area contributed by atoms with E-state index in [0.29, 0.717) is 11.5 Å². The summed E-state index contributed by atoms with van der Waals surface area (Å²) in [5, 5.41) is 0. The van der Waals surface area contributed by atoms with E-state index < -0.39 is 0 Å². The third-order valence-corrected chi connectivity index (χ3v) is 2.91. The van der Waals surface area contributed by atoms with Crippen LogP contribution in [0, 0.1) is 0 Å². The first-order chi connectivity index (χ1) is 7.62. The molecule has 0 aliphatic carbocycles. The largest absolute Gasteiger partial charge is 0.493 e. The zero-order chi connectivity index (χ0) is 12.1. The zero-order valence-corrected chi connectivity index (χ0v) is 10.8. The summed E-state index contributed by atoms with van der Waals surface area (Å²) in [5.74, 6) is 1.21. The molecule has 0 atom stereocenters. The molecule has 16 heavy (non-hydrogen) atoms. The molecule has 1 aromatic rings. The van der Waals surface area contributed by atoms with Crippen molar-refractivity contribution in [1.29, 1.82) is 0 Å². The summed E-state index contributed by atoms with van der Waals surface area (Å²) in [6.45, 7) is 0.0424. The summed E-state index contributed by atoms with van der Waals surface area (Å²) in [6.07, 6.45) is 0.289. The Bertz CT molecular complexity index is 393. The number of hydrogen-bond donors (Lipinski definition) is 1. The van der Waals surface area contributed by atoms with Crippen molar-refractivity contribution in [3.63, 3.8) is 0 Å². The first-order valence-corrected chi connectivity index (χ1v) is 5.53. The van der Waals surface area contributed by atoms with Crippen LogP contribution in [-0.4, -0.2) is 26.5 Å². The molecule has 0 spiro atoms. The maximum Gasteiger partial charge on any atom is 0.161 e. The third kappa shape index (κ3) is 2.96. The van der Waals surface area contributed by atoms with Crippen molar-refractivity contribution in [2.24, 2.45) is 5.73 Å². The molecular formula is C11H14BrNO3. The van der Waals surface area contributed by atoms with Crippen molar-refractivity contribution >= 4 is 21.7 Å². The predicted molar refractivity (Wildman–Crippen MR) is 65.0 cm³/mol. The van der Waals surface area contributed by atoms with Crippen LogP contribution in [0.5, 0.6) is 11.5 Å². The van der Waals surface area contributed by atoms with Gasteiger partial charge < -0.3 is 15.2 Å². The SMILES string of the molecule is COc1cc(Br)c(CC(=O)CN)cc1OC. The van der Waals surface area contributed by atoms with E-state index >= 15 is 0 Å². The molecule has 0 amide bonds. The molecule has 2 N–H and O–H groups in total. The molecule has 5 heteroatoms. The topological polar surface area (TPSA) is 61.5 Å². The molecule has 0 aliphatic heterocycles. The number of benzene rings is 1. The molecule has 0 unspecified atom stereocenters. The van der Waals surface area contributed by atoms with Crippen molar-refractivity contribution in [3.05, 3.63) is 22.2 Å². The van der Waals surface area contributed by atoms with Crippen molar-refractivity contribution < 1.29 is 14.3 Å². The number of ketones is 1. The number of carbonyl (C=O) groups excluding carboxylic acids is 1. The second-order valence-corrected chi connectivity index (χ2v) is 4.07. The maximum atomic E-state index is 11.3. The van der Waals surface area contributed by atoms with Crippen LogP contribution < -0.4 is 15.2 Å². The van der Waals surface area contributed by atoms with E-state index in [9.17, 15) is 4.79 Å². The van der Waals surface area contributed by atoms with Crippen molar-refractivity contribution in [3.8, 4) is 11.5 Å². The van der Waals surface area contributed by atoms with Crippen LogP contribution >= 0.6 is 15.9 Å². The van der Waals surface area contributed by atoms with Gasteiger partial charge in [-0.1, -0.05) is 15.9 Å². The lowest BCUT2D eigenvalue weighted by atomic mass is 10.1. The Morgan fingerprint density at radius 3 is 2.38 bits per heavy atom. The number of methoxy groups -OCH3 is 2. The van der Waals surface area contributed by atoms with E-state index in [2.05, 4.69) is 15.9 Å². The van der Waals surface area contributed by atoms with Crippen LogP contribution in [-0.2, 0) is 11.2 Å². The first-order valence-electron chi connectivity index (χ1n) is 4.74. The Morgan fingerprint density at radius 1 is 1.31 bits per heavy atom. The quantitative estimate of drug-likeness (QED) is 0.892. The Kier molecular flexibility index (Phi) is 4.76. The number of carbonyl (C=O) groups is 1. The lowest BCUT2D eigenvalue weighted by molar-refractivity contribution is -0.117. The van der Waals surface area contributed by atoms with Crippen LogP contribution in [0.4, 0.5) is 0 Å². The Hall–Kier alpha value is -1.07. The number of halogens is 1. The fraction of sp³-hybridized carbons (Fsp3) is 0.364. The molecule has 4 nitrogen and oxygen atoms in total. The van der Waals surface area contributed by atoms with Gasteiger partial charge >= 0.3 is 0 Å². The van der Waals surface area contributed by atoms with Gasteiger partial charge in [-0.15, -0.1) is 0 Å². The third-order valence-electron chi connectivity index (χ3n) is 2.17.